The highest BCUT2D eigenvalue weighted by molar-refractivity contribution is 5.90. The van der Waals surface area contributed by atoms with Gasteiger partial charge in [0.2, 0.25) is 11.6 Å². The first-order chi connectivity index (χ1) is 9.08. The SMILES string of the molecule is CNC(=O)CCCCC(=O)C1(F)C#CCCCCC1. The summed E-state index contributed by atoms with van der Waals surface area (Å²) in [6.07, 6.45) is 5.23. The van der Waals surface area contributed by atoms with Crippen LogP contribution in [0.5, 0.6) is 0 Å². The third-order valence-corrected chi connectivity index (χ3v) is 3.39. The zero-order chi connectivity index (χ0) is 14.1. The van der Waals surface area contributed by atoms with Gasteiger partial charge >= 0.3 is 0 Å². The quantitative estimate of drug-likeness (QED) is 0.594. The summed E-state index contributed by atoms with van der Waals surface area (Å²) >= 11 is 0. The number of hydrogen-bond donors (Lipinski definition) is 1. The second-order valence-electron chi connectivity index (χ2n) is 4.97. The Kier molecular flexibility index (Phi) is 6.55. The van der Waals surface area contributed by atoms with Gasteiger partial charge in [-0.2, -0.15) is 0 Å². The van der Waals surface area contributed by atoms with Crippen LogP contribution in [0.1, 0.15) is 57.8 Å². The van der Waals surface area contributed by atoms with E-state index in [-0.39, 0.29) is 18.7 Å². The molecule has 1 N–H and O–H groups in total. The molecule has 0 aromatic rings. The zero-order valence-electron chi connectivity index (χ0n) is 11.6. The van der Waals surface area contributed by atoms with Gasteiger partial charge in [0.1, 0.15) is 0 Å². The van der Waals surface area contributed by atoms with E-state index in [9.17, 15) is 14.0 Å². The summed E-state index contributed by atoms with van der Waals surface area (Å²) in [5.74, 6) is 4.81. The Balaban J connectivity index is 2.40. The third kappa shape index (κ3) is 5.42. The fourth-order valence-electron chi connectivity index (χ4n) is 2.13. The highest BCUT2D eigenvalue weighted by Crippen LogP contribution is 2.25. The van der Waals surface area contributed by atoms with E-state index in [2.05, 4.69) is 17.2 Å². The van der Waals surface area contributed by atoms with E-state index in [4.69, 9.17) is 0 Å². The van der Waals surface area contributed by atoms with Gasteiger partial charge in [-0.3, -0.25) is 9.59 Å². The number of halogens is 1. The molecule has 0 saturated carbocycles. The van der Waals surface area contributed by atoms with Gasteiger partial charge in [-0.05, 0) is 25.7 Å². The number of alkyl halides is 1. The summed E-state index contributed by atoms with van der Waals surface area (Å²) in [5.41, 5.74) is -1.95. The van der Waals surface area contributed by atoms with E-state index in [0.29, 0.717) is 25.7 Å². The summed E-state index contributed by atoms with van der Waals surface area (Å²) < 4.78 is 14.5. The first-order valence-corrected chi connectivity index (χ1v) is 7.01. The molecule has 1 aliphatic carbocycles. The number of amides is 1. The van der Waals surface area contributed by atoms with Crippen LogP contribution in [-0.4, -0.2) is 24.4 Å². The minimum Gasteiger partial charge on any atom is -0.359 e. The van der Waals surface area contributed by atoms with Crippen molar-refractivity contribution in [3.8, 4) is 11.8 Å². The number of nitrogens with one attached hydrogen (secondary N) is 1. The standard InChI is InChI=1S/C15H22FNO2/c1-17-14(19)10-6-5-9-13(18)15(16)11-7-3-2-4-8-12-15/h2-7,9-11H2,1H3,(H,17,19). The summed E-state index contributed by atoms with van der Waals surface area (Å²) in [6.45, 7) is 0. The minimum atomic E-state index is -1.95. The van der Waals surface area contributed by atoms with Crippen molar-refractivity contribution in [3.05, 3.63) is 0 Å². The fourth-order valence-corrected chi connectivity index (χ4v) is 2.13. The van der Waals surface area contributed by atoms with Gasteiger partial charge in [-0.15, -0.1) is 0 Å². The number of hydrogen-bond acceptors (Lipinski definition) is 2. The number of rotatable bonds is 6. The van der Waals surface area contributed by atoms with Crippen molar-refractivity contribution in [1.29, 1.82) is 0 Å². The van der Waals surface area contributed by atoms with Gasteiger partial charge < -0.3 is 5.32 Å². The Morgan fingerprint density at radius 2 is 1.95 bits per heavy atom. The maximum absolute atomic E-state index is 14.5. The summed E-state index contributed by atoms with van der Waals surface area (Å²) in [4.78, 5) is 22.9. The van der Waals surface area contributed by atoms with E-state index in [0.717, 1.165) is 19.3 Å². The zero-order valence-corrected chi connectivity index (χ0v) is 11.6. The van der Waals surface area contributed by atoms with Crippen LogP contribution in [0.2, 0.25) is 0 Å². The van der Waals surface area contributed by atoms with Crippen LogP contribution in [0.25, 0.3) is 0 Å². The van der Waals surface area contributed by atoms with Crippen molar-refractivity contribution < 1.29 is 14.0 Å². The molecule has 0 fully saturated rings. The number of ketones is 1. The molecule has 1 atom stereocenters. The monoisotopic (exact) mass is 267 g/mol. The molecule has 1 amide bonds. The van der Waals surface area contributed by atoms with Gasteiger partial charge in [0.05, 0.1) is 0 Å². The van der Waals surface area contributed by atoms with Gasteiger partial charge in [-0.25, -0.2) is 4.39 Å². The molecule has 3 nitrogen and oxygen atoms in total. The van der Waals surface area contributed by atoms with Crippen LogP contribution >= 0.6 is 0 Å². The van der Waals surface area contributed by atoms with Crippen LogP contribution in [0.15, 0.2) is 0 Å². The van der Waals surface area contributed by atoms with Crippen molar-refractivity contribution in [2.75, 3.05) is 7.05 Å². The number of unbranched alkanes of at least 4 members (excludes halogenated alkanes) is 1. The topological polar surface area (TPSA) is 46.2 Å². The highest BCUT2D eigenvalue weighted by atomic mass is 19.1. The molecule has 0 bridgehead atoms. The molecule has 4 heteroatoms. The van der Waals surface area contributed by atoms with Crippen LogP contribution < -0.4 is 5.32 Å². The van der Waals surface area contributed by atoms with Crippen molar-refractivity contribution in [3.63, 3.8) is 0 Å². The maximum atomic E-state index is 14.5. The lowest BCUT2D eigenvalue weighted by atomic mass is 9.89. The lowest BCUT2D eigenvalue weighted by Gasteiger charge is -2.19. The summed E-state index contributed by atoms with van der Waals surface area (Å²) in [7, 11) is 1.58. The second kappa shape index (κ2) is 7.93. The Morgan fingerprint density at radius 3 is 2.68 bits per heavy atom. The minimum absolute atomic E-state index is 0.0480. The lowest BCUT2D eigenvalue weighted by Crippen LogP contribution is -2.32. The largest absolute Gasteiger partial charge is 0.359 e. The molecule has 1 unspecified atom stereocenters. The lowest BCUT2D eigenvalue weighted by molar-refractivity contribution is -0.128. The van der Waals surface area contributed by atoms with Crippen molar-refractivity contribution >= 4 is 11.7 Å². The van der Waals surface area contributed by atoms with Gasteiger partial charge in [0.25, 0.3) is 0 Å². The first kappa shape index (κ1) is 15.7. The number of carbonyl (C=O) groups is 2. The summed E-state index contributed by atoms with van der Waals surface area (Å²) in [6, 6.07) is 0. The molecule has 0 aliphatic heterocycles. The van der Waals surface area contributed by atoms with Crippen molar-refractivity contribution in [2.45, 2.75) is 63.5 Å². The molecular formula is C15H22FNO2. The maximum Gasteiger partial charge on any atom is 0.228 e. The molecule has 0 saturated heterocycles. The van der Waals surface area contributed by atoms with E-state index in [1.165, 1.54) is 0 Å². The van der Waals surface area contributed by atoms with Gasteiger partial charge in [0, 0.05) is 32.7 Å². The molecule has 1 rings (SSSR count). The Hall–Kier alpha value is -1.37. The number of Topliss-reactive ketones (excluding diaryl/α,β-unsaturated/α-hetero) is 1. The third-order valence-electron chi connectivity index (χ3n) is 3.39. The van der Waals surface area contributed by atoms with Gasteiger partial charge in [0.15, 0.2) is 5.78 Å². The van der Waals surface area contributed by atoms with E-state index in [1.54, 1.807) is 7.05 Å². The Labute approximate surface area is 114 Å². The predicted molar refractivity (Wildman–Crippen MR) is 72.2 cm³/mol. The Bertz CT molecular complexity index is 383. The molecule has 106 valence electrons. The van der Waals surface area contributed by atoms with Crippen LogP contribution in [0.4, 0.5) is 4.39 Å². The van der Waals surface area contributed by atoms with Crippen LogP contribution in [0.3, 0.4) is 0 Å². The normalized spacial score (nSPS) is 22.6. The molecule has 19 heavy (non-hydrogen) atoms. The van der Waals surface area contributed by atoms with E-state index >= 15 is 0 Å². The van der Waals surface area contributed by atoms with Crippen molar-refractivity contribution in [2.24, 2.45) is 0 Å². The Morgan fingerprint density at radius 1 is 1.21 bits per heavy atom. The molecule has 0 aromatic heterocycles. The van der Waals surface area contributed by atoms with E-state index < -0.39 is 11.5 Å². The van der Waals surface area contributed by atoms with Gasteiger partial charge in [-0.1, -0.05) is 18.3 Å². The molecule has 0 spiro atoms. The molecule has 1 aliphatic rings. The first-order valence-electron chi connectivity index (χ1n) is 7.01. The van der Waals surface area contributed by atoms with Crippen molar-refractivity contribution in [1.82, 2.24) is 5.32 Å². The summed E-state index contributed by atoms with van der Waals surface area (Å²) in [5, 5.41) is 2.52. The van der Waals surface area contributed by atoms with Crippen LogP contribution in [0, 0.1) is 11.8 Å². The number of carbonyl (C=O) groups excluding carboxylic acids is 2. The smallest absolute Gasteiger partial charge is 0.228 e. The second-order valence-corrected chi connectivity index (χ2v) is 4.97. The average molecular weight is 267 g/mol. The predicted octanol–water partition coefficient (Wildman–Crippen LogP) is 2.54. The molecule has 0 heterocycles. The molecule has 0 radical (unpaired) electrons. The van der Waals surface area contributed by atoms with E-state index in [1.807, 2.05) is 0 Å². The van der Waals surface area contributed by atoms with Crippen LogP contribution in [-0.2, 0) is 9.59 Å². The fraction of sp³-hybridized carbons (Fsp3) is 0.733. The molecule has 0 aromatic carbocycles. The average Bonchev–Trinajstić information content (AvgIpc) is 2.38. The highest BCUT2D eigenvalue weighted by Gasteiger charge is 2.35. The molecular weight excluding hydrogens is 245 g/mol.